The number of hydrogen-bond acceptors (Lipinski definition) is 2. The van der Waals surface area contributed by atoms with E-state index in [0.717, 1.165) is 23.8 Å². The standard InChI is InChI=1S/C15H32N2/c1-6-7-16-15-8-14(13(4)5)10-17(11-15)9-12(2)3/h12-16H,6-11H2,1-5H3. The van der Waals surface area contributed by atoms with Gasteiger partial charge in [0.05, 0.1) is 0 Å². The van der Waals surface area contributed by atoms with E-state index in [1.165, 1.54) is 39.0 Å². The highest BCUT2D eigenvalue weighted by molar-refractivity contribution is 4.85. The first-order valence-corrected chi connectivity index (χ1v) is 7.48. The third-order valence-corrected chi connectivity index (χ3v) is 3.81. The highest BCUT2D eigenvalue weighted by atomic mass is 15.2. The summed E-state index contributed by atoms with van der Waals surface area (Å²) < 4.78 is 0. The zero-order valence-electron chi connectivity index (χ0n) is 12.5. The summed E-state index contributed by atoms with van der Waals surface area (Å²) in [4.78, 5) is 2.67. The van der Waals surface area contributed by atoms with E-state index in [2.05, 4.69) is 44.8 Å². The summed E-state index contributed by atoms with van der Waals surface area (Å²) in [6, 6.07) is 0.717. The first-order chi connectivity index (χ1) is 8.02. The summed E-state index contributed by atoms with van der Waals surface area (Å²) in [5.74, 6) is 2.47. The number of nitrogens with zero attached hydrogens (tertiary/aromatic N) is 1. The molecule has 0 spiro atoms. The summed E-state index contributed by atoms with van der Waals surface area (Å²) in [7, 11) is 0. The van der Waals surface area contributed by atoms with Crippen molar-refractivity contribution in [2.24, 2.45) is 17.8 Å². The van der Waals surface area contributed by atoms with Gasteiger partial charge in [-0.2, -0.15) is 0 Å². The van der Waals surface area contributed by atoms with Gasteiger partial charge in [-0.3, -0.25) is 0 Å². The average Bonchev–Trinajstić information content (AvgIpc) is 2.25. The molecule has 0 aromatic heterocycles. The van der Waals surface area contributed by atoms with Gasteiger partial charge in [0.1, 0.15) is 0 Å². The lowest BCUT2D eigenvalue weighted by atomic mass is 9.85. The Morgan fingerprint density at radius 2 is 1.88 bits per heavy atom. The van der Waals surface area contributed by atoms with Gasteiger partial charge in [-0.05, 0) is 37.1 Å². The van der Waals surface area contributed by atoms with Crippen LogP contribution < -0.4 is 5.32 Å². The number of hydrogen-bond donors (Lipinski definition) is 1. The van der Waals surface area contributed by atoms with Gasteiger partial charge in [0.15, 0.2) is 0 Å². The minimum absolute atomic E-state index is 0.717. The monoisotopic (exact) mass is 240 g/mol. The topological polar surface area (TPSA) is 15.3 Å². The molecule has 1 rings (SSSR count). The predicted octanol–water partition coefficient (Wildman–Crippen LogP) is 2.99. The number of likely N-dealkylation sites (tertiary alicyclic amines) is 1. The van der Waals surface area contributed by atoms with Crippen LogP contribution in [0.25, 0.3) is 0 Å². The van der Waals surface area contributed by atoms with Gasteiger partial charge in [0, 0.05) is 25.7 Å². The fourth-order valence-corrected chi connectivity index (χ4v) is 2.88. The van der Waals surface area contributed by atoms with Crippen LogP contribution in [0.4, 0.5) is 0 Å². The van der Waals surface area contributed by atoms with E-state index in [-0.39, 0.29) is 0 Å². The molecule has 102 valence electrons. The van der Waals surface area contributed by atoms with Crippen LogP contribution in [0.2, 0.25) is 0 Å². The summed E-state index contributed by atoms with van der Waals surface area (Å²) in [6.07, 6.45) is 2.61. The van der Waals surface area contributed by atoms with Crippen molar-refractivity contribution in [2.75, 3.05) is 26.2 Å². The molecule has 0 saturated carbocycles. The summed E-state index contributed by atoms with van der Waals surface area (Å²) >= 11 is 0. The molecule has 0 aromatic carbocycles. The Morgan fingerprint density at radius 3 is 2.41 bits per heavy atom. The van der Waals surface area contributed by atoms with Gasteiger partial charge in [0.2, 0.25) is 0 Å². The third kappa shape index (κ3) is 5.39. The third-order valence-electron chi connectivity index (χ3n) is 3.81. The molecule has 0 radical (unpaired) electrons. The summed E-state index contributed by atoms with van der Waals surface area (Å²) in [5.41, 5.74) is 0. The average molecular weight is 240 g/mol. The Balaban J connectivity index is 2.49. The molecule has 1 heterocycles. The molecule has 1 fully saturated rings. The van der Waals surface area contributed by atoms with Crippen molar-refractivity contribution in [3.8, 4) is 0 Å². The molecular formula is C15H32N2. The van der Waals surface area contributed by atoms with Crippen molar-refractivity contribution in [3.63, 3.8) is 0 Å². The van der Waals surface area contributed by atoms with Crippen LogP contribution in [0, 0.1) is 17.8 Å². The van der Waals surface area contributed by atoms with Gasteiger partial charge in [-0.25, -0.2) is 0 Å². The molecule has 2 atom stereocenters. The molecule has 0 amide bonds. The van der Waals surface area contributed by atoms with Gasteiger partial charge in [-0.1, -0.05) is 34.6 Å². The fourth-order valence-electron chi connectivity index (χ4n) is 2.88. The van der Waals surface area contributed by atoms with Crippen LogP contribution >= 0.6 is 0 Å². The minimum atomic E-state index is 0.717. The van der Waals surface area contributed by atoms with Crippen molar-refractivity contribution in [1.29, 1.82) is 0 Å². The van der Waals surface area contributed by atoms with Crippen LogP contribution in [0.15, 0.2) is 0 Å². The molecule has 1 saturated heterocycles. The van der Waals surface area contributed by atoms with Crippen molar-refractivity contribution in [2.45, 2.75) is 53.5 Å². The van der Waals surface area contributed by atoms with E-state index < -0.39 is 0 Å². The first-order valence-electron chi connectivity index (χ1n) is 7.48. The Labute approximate surface area is 108 Å². The van der Waals surface area contributed by atoms with Crippen LogP contribution in [0.5, 0.6) is 0 Å². The van der Waals surface area contributed by atoms with Crippen molar-refractivity contribution < 1.29 is 0 Å². The lowest BCUT2D eigenvalue weighted by Gasteiger charge is -2.40. The number of rotatable bonds is 6. The zero-order chi connectivity index (χ0) is 12.8. The van der Waals surface area contributed by atoms with Crippen LogP contribution in [0.1, 0.15) is 47.5 Å². The fraction of sp³-hybridized carbons (Fsp3) is 1.00. The molecule has 17 heavy (non-hydrogen) atoms. The molecule has 2 heteroatoms. The van der Waals surface area contributed by atoms with Gasteiger partial charge in [0.25, 0.3) is 0 Å². The SMILES string of the molecule is CCCNC1CC(C(C)C)CN(CC(C)C)C1. The quantitative estimate of drug-likeness (QED) is 0.768. The lowest BCUT2D eigenvalue weighted by molar-refractivity contribution is 0.105. The second kappa shape index (κ2) is 7.38. The molecule has 1 N–H and O–H groups in total. The van der Waals surface area contributed by atoms with E-state index in [4.69, 9.17) is 0 Å². The van der Waals surface area contributed by atoms with Gasteiger partial charge < -0.3 is 10.2 Å². The molecule has 1 aliphatic rings. The first kappa shape index (κ1) is 15.0. The van der Waals surface area contributed by atoms with Crippen molar-refractivity contribution in [3.05, 3.63) is 0 Å². The Bertz CT molecular complexity index is 201. The number of nitrogens with one attached hydrogen (secondary N) is 1. The van der Waals surface area contributed by atoms with Crippen LogP contribution in [-0.4, -0.2) is 37.1 Å². The number of piperidine rings is 1. The lowest BCUT2D eigenvalue weighted by Crippen LogP contribution is -2.51. The highest BCUT2D eigenvalue weighted by Gasteiger charge is 2.28. The molecule has 0 bridgehead atoms. The molecular weight excluding hydrogens is 208 g/mol. The maximum Gasteiger partial charge on any atom is 0.0198 e. The predicted molar refractivity (Wildman–Crippen MR) is 76.3 cm³/mol. The van der Waals surface area contributed by atoms with E-state index in [1.807, 2.05) is 0 Å². The largest absolute Gasteiger partial charge is 0.313 e. The normalized spacial score (nSPS) is 27.0. The summed E-state index contributed by atoms with van der Waals surface area (Å²) in [5, 5.41) is 3.72. The van der Waals surface area contributed by atoms with Crippen molar-refractivity contribution >= 4 is 0 Å². The second-order valence-electron chi connectivity index (χ2n) is 6.50. The zero-order valence-corrected chi connectivity index (χ0v) is 12.5. The van der Waals surface area contributed by atoms with Gasteiger partial charge >= 0.3 is 0 Å². The van der Waals surface area contributed by atoms with Crippen LogP contribution in [0.3, 0.4) is 0 Å². The summed E-state index contributed by atoms with van der Waals surface area (Å²) in [6.45, 7) is 16.6. The van der Waals surface area contributed by atoms with E-state index in [9.17, 15) is 0 Å². The van der Waals surface area contributed by atoms with E-state index in [1.54, 1.807) is 0 Å². The Morgan fingerprint density at radius 1 is 1.18 bits per heavy atom. The van der Waals surface area contributed by atoms with Crippen molar-refractivity contribution in [1.82, 2.24) is 10.2 Å². The smallest absolute Gasteiger partial charge is 0.0198 e. The molecule has 1 aliphatic heterocycles. The molecule has 2 unspecified atom stereocenters. The Hall–Kier alpha value is -0.0800. The van der Waals surface area contributed by atoms with Gasteiger partial charge in [-0.15, -0.1) is 0 Å². The molecule has 0 aliphatic carbocycles. The molecule has 2 nitrogen and oxygen atoms in total. The van der Waals surface area contributed by atoms with E-state index >= 15 is 0 Å². The Kier molecular flexibility index (Phi) is 6.50. The maximum atomic E-state index is 3.72. The van der Waals surface area contributed by atoms with E-state index in [0.29, 0.717) is 0 Å². The molecule has 0 aromatic rings. The second-order valence-corrected chi connectivity index (χ2v) is 6.50. The van der Waals surface area contributed by atoms with Crippen LogP contribution in [-0.2, 0) is 0 Å². The maximum absolute atomic E-state index is 3.72. The minimum Gasteiger partial charge on any atom is -0.313 e. The highest BCUT2D eigenvalue weighted by Crippen LogP contribution is 2.24.